The van der Waals surface area contributed by atoms with Crippen LogP contribution in [0.2, 0.25) is 0 Å². The van der Waals surface area contributed by atoms with Gasteiger partial charge in [0.15, 0.2) is 0 Å². The van der Waals surface area contributed by atoms with Crippen LogP contribution in [0, 0.1) is 6.92 Å². The maximum Gasteiger partial charge on any atom is 0.0237 e. The first-order valence-electron chi connectivity index (χ1n) is 8.37. The van der Waals surface area contributed by atoms with Gasteiger partial charge in [0, 0.05) is 44.2 Å². The summed E-state index contributed by atoms with van der Waals surface area (Å²) in [6, 6.07) is 17.7. The molecule has 1 aliphatic heterocycles. The number of benzene rings is 2. The van der Waals surface area contributed by atoms with Crippen molar-refractivity contribution < 1.29 is 0 Å². The van der Waals surface area contributed by atoms with Crippen molar-refractivity contribution in [3.8, 4) is 0 Å². The second-order valence-electron chi connectivity index (χ2n) is 6.33. The van der Waals surface area contributed by atoms with Gasteiger partial charge in [0.05, 0.1) is 0 Å². The Morgan fingerprint density at radius 2 is 1.43 bits per heavy atom. The number of hydrogen-bond acceptors (Lipinski definition) is 3. The summed E-state index contributed by atoms with van der Waals surface area (Å²) >= 11 is 1.81. The van der Waals surface area contributed by atoms with Gasteiger partial charge in [0.2, 0.25) is 0 Å². The highest BCUT2D eigenvalue weighted by molar-refractivity contribution is 7.98. The first-order chi connectivity index (χ1) is 11.2. The lowest BCUT2D eigenvalue weighted by Crippen LogP contribution is -2.45. The van der Waals surface area contributed by atoms with Gasteiger partial charge in [-0.1, -0.05) is 36.4 Å². The van der Waals surface area contributed by atoms with E-state index in [1.165, 1.54) is 21.6 Å². The molecule has 0 aliphatic carbocycles. The Morgan fingerprint density at radius 3 is 2.04 bits per heavy atom. The fourth-order valence-electron chi connectivity index (χ4n) is 3.12. The fraction of sp³-hybridized carbons (Fsp3) is 0.400. The third kappa shape index (κ3) is 4.60. The van der Waals surface area contributed by atoms with E-state index in [2.05, 4.69) is 71.5 Å². The van der Waals surface area contributed by atoms with Crippen LogP contribution in [0.3, 0.4) is 0 Å². The molecule has 1 fully saturated rings. The van der Waals surface area contributed by atoms with Crippen LogP contribution >= 0.6 is 11.8 Å². The van der Waals surface area contributed by atoms with E-state index >= 15 is 0 Å². The Kier molecular flexibility index (Phi) is 5.76. The number of piperazine rings is 1. The summed E-state index contributed by atoms with van der Waals surface area (Å²) in [6.45, 7) is 9.03. The lowest BCUT2D eigenvalue weighted by molar-refractivity contribution is 0.122. The first-order valence-corrected chi connectivity index (χ1v) is 9.59. The molecule has 0 saturated carbocycles. The van der Waals surface area contributed by atoms with E-state index < -0.39 is 0 Å². The highest BCUT2D eigenvalue weighted by atomic mass is 32.2. The Morgan fingerprint density at radius 1 is 0.826 bits per heavy atom. The molecule has 0 amide bonds. The van der Waals surface area contributed by atoms with Crippen LogP contribution in [0.15, 0.2) is 53.4 Å². The van der Waals surface area contributed by atoms with Crippen LogP contribution in [0.25, 0.3) is 0 Å². The maximum atomic E-state index is 2.58. The lowest BCUT2D eigenvalue weighted by Gasteiger charge is -2.35. The van der Waals surface area contributed by atoms with Crippen LogP contribution in [0.4, 0.5) is 0 Å². The first kappa shape index (κ1) is 16.6. The van der Waals surface area contributed by atoms with Gasteiger partial charge >= 0.3 is 0 Å². The van der Waals surface area contributed by atoms with Crippen molar-refractivity contribution in [3.63, 3.8) is 0 Å². The van der Waals surface area contributed by atoms with Crippen molar-refractivity contribution in [1.29, 1.82) is 0 Å². The third-order valence-electron chi connectivity index (χ3n) is 4.69. The zero-order chi connectivity index (χ0) is 16.1. The molecule has 23 heavy (non-hydrogen) atoms. The molecule has 0 atom stereocenters. The average molecular weight is 327 g/mol. The van der Waals surface area contributed by atoms with Crippen molar-refractivity contribution in [2.24, 2.45) is 0 Å². The molecule has 0 spiro atoms. The summed E-state index contributed by atoms with van der Waals surface area (Å²) in [4.78, 5) is 6.50. The quantitative estimate of drug-likeness (QED) is 0.766. The second kappa shape index (κ2) is 8.00. The zero-order valence-corrected chi connectivity index (χ0v) is 15.0. The molecule has 1 aliphatic rings. The summed E-state index contributed by atoms with van der Waals surface area (Å²) < 4.78 is 0. The minimum Gasteiger partial charge on any atom is -0.297 e. The van der Waals surface area contributed by atoms with Crippen molar-refractivity contribution >= 4 is 11.8 Å². The normalized spacial score (nSPS) is 16.6. The van der Waals surface area contributed by atoms with Gasteiger partial charge < -0.3 is 0 Å². The molecule has 2 nitrogen and oxygen atoms in total. The minimum atomic E-state index is 1.08. The summed E-state index contributed by atoms with van der Waals surface area (Å²) in [5, 5.41) is 0. The van der Waals surface area contributed by atoms with Crippen LogP contribution < -0.4 is 0 Å². The Hall–Kier alpha value is -1.29. The highest BCUT2D eigenvalue weighted by Gasteiger charge is 2.17. The predicted octanol–water partition coefficient (Wildman–Crippen LogP) is 4.03. The number of aryl methyl sites for hydroxylation is 1. The minimum absolute atomic E-state index is 1.08. The third-order valence-corrected chi connectivity index (χ3v) is 5.43. The van der Waals surface area contributed by atoms with Crippen molar-refractivity contribution in [2.45, 2.75) is 24.9 Å². The van der Waals surface area contributed by atoms with Gasteiger partial charge in [-0.3, -0.25) is 9.80 Å². The van der Waals surface area contributed by atoms with Crippen LogP contribution in [0.5, 0.6) is 0 Å². The number of rotatable bonds is 5. The van der Waals surface area contributed by atoms with E-state index in [4.69, 9.17) is 0 Å². The molecule has 1 heterocycles. The molecule has 0 unspecified atom stereocenters. The van der Waals surface area contributed by atoms with E-state index in [-0.39, 0.29) is 0 Å². The molecule has 0 aromatic heterocycles. The van der Waals surface area contributed by atoms with Crippen LogP contribution in [-0.2, 0) is 13.1 Å². The Labute approximate surface area is 144 Å². The largest absolute Gasteiger partial charge is 0.297 e. The SMILES string of the molecule is CSc1ccc(CN2CCN(Cc3ccccc3C)CC2)cc1. The zero-order valence-electron chi connectivity index (χ0n) is 14.2. The summed E-state index contributed by atoms with van der Waals surface area (Å²) in [6.07, 6.45) is 2.13. The molecule has 3 heteroatoms. The molecule has 2 aromatic rings. The van der Waals surface area contributed by atoms with Gasteiger partial charge in [-0.2, -0.15) is 0 Å². The van der Waals surface area contributed by atoms with Crippen molar-refractivity contribution in [1.82, 2.24) is 9.80 Å². The molecule has 2 aromatic carbocycles. The van der Waals surface area contributed by atoms with Gasteiger partial charge in [0.25, 0.3) is 0 Å². The monoisotopic (exact) mass is 326 g/mol. The van der Waals surface area contributed by atoms with E-state index in [0.29, 0.717) is 0 Å². The Bertz CT molecular complexity index is 616. The van der Waals surface area contributed by atoms with E-state index in [9.17, 15) is 0 Å². The molecule has 0 radical (unpaired) electrons. The predicted molar refractivity (Wildman–Crippen MR) is 100.0 cm³/mol. The van der Waals surface area contributed by atoms with Crippen LogP contribution in [-0.4, -0.2) is 42.2 Å². The molecule has 0 bridgehead atoms. The molecular formula is C20H26N2S. The van der Waals surface area contributed by atoms with E-state index in [1.807, 2.05) is 0 Å². The van der Waals surface area contributed by atoms with Gasteiger partial charge in [-0.25, -0.2) is 0 Å². The second-order valence-corrected chi connectivity index (χ2v) is 7.21. The molecule has 122 valence electrons. The molecule has 0 N–H and O–H groups in total. The van der Waals surface area contributed by atoms with Gasteiger partial charge in [0.1, 0.15) is 0 Å². The van der Waals surface area contributed by atoms with Gasteiger partial charge in [-0.15, -0.1) is 11.8 Å². The lowest BCUT2D eigenvalue weighted by atomic mass is 10.1. The molecular weight excluding hydrogens is 300 g/mol. The standard InChI is InChI=1S/C20H26N2S/c1-17-5-3-4-6-19(17)16-22-13-11-21(12-14-22)15-18-7-9-20(23-2)10-8-18/h3-10H,11-16H2,1-2H3. The Balaban J connectivity index is 1.49. The molecule has 3 rings (SSSR count). The van der Waals surface area contributed by atoms with Crippen LogP contribution in [0.1, 0.15) is 16.7 Å². The van der Waals surface area contributed by atoms with E-state index in [0.717, 1.165) is 39.3 Å². The van der Waals surface area contributed by atoms with Crippen molar-refractivity contribution in [3.05, 3.63) is 65.2 Å². The summed E-state index contributed by atoms with van der Waals surface area (Å²) in [5.41, 5.74) is 4.30. The van der Waals surface area contributed by atoms with Gasteiger partial charge in [-0.05, 0) is 42.0 Å². The van der Waals surface area contributed by atoms with Crippen molar-refractivity contribution in [2.75, 3.05) is 32.4 Å². The number of thioether (sulfide) groups is 1. The highest BCUT2D eigenvalue weighted by Crippen LogP contribution is 2.17. The molecule has 1 saturated heterocycles. The topological polar surface area (TPSA) is 6.48 Å². The average Bonchev–Trinajstić information content (AvgIpc) is 2.59. The van der Waals surface area contributed by atoms with E-state index in [1.54, 1.807) is 11.8 Å². The smallest absolute Gasteiger partial charge is 0.0237 e. The number of hydrogen-bond donors (Lipinski definition) is 0. The number of nitrogens with zero attached hydrogens (tertiary/aromatic N) is 2. The summed E-state index contributed by atoms with van der Waals surface area (Å²) in [5.74, 6) is 0. The maximum absolute atomic E-state index is 2.58. The summed E-state index contributed by atoms with van der Waals surface area (Å²) in [7, 11) is 0. The fourth-order valence-corrected chi connectivity index (χ4v) is 3.53.